The summed E-state index contributed by atoms with van der Waals surface area (Å²) in [6.45, 7) is 0.300. The summed E-state index contributed by atoms with van der Waals surface area (Å²) in [4.78, 5) is 0. The first-order valence-electron chi connectivity index (χ1n) is 7.94. The van der Waals surface area contributed by atoms with Crippen molar-refractivity contribution in [1.29, 1.82) is 5.26 Å². The van der Waals surface area contributed by atoms with E-state index < -0.39 is 7.40 Å². The second-order valence-corrected chi connectivity index (χ2v) is 5.44. The molecule has 1 aromatic heterocycles. The van der Waals surface area contributed by atoms with E-state index in [0.29, 0.717) is 18.1 Å². The van der Waals surface area contributed by atoms with Crippen LogP contribution in [0.25, 0.3) is 5.57 Å². The summed E-state index contributed by atoms with van der Waals surface area (Å²) < 4.78 is 33.2. The van der Waals surface area contributed by atoms with Gasteiger partial charge in [-0.1, -0.05) is 30.3 Å². The molecule has 0 amide bonds. The number of dihydropyridines is 1. The Balaban J connectivity index is 1.97. The molecule has 1 N–H and O–H groups in total. The summed E-state index contributed by atoms with van der Waals surface area (Å²) >= 11 is 0. The Morgan fingerprint density at radius 2 is 1.92 bits per heavy atom. The number of ether oxygens (including phenoxy) is 1. The molecule has 2 heterocycles. The highest BCUT2D eigenvalue weighted by Gasteiger charge is 2.37. The predicted molar refractivity (Wildman–Crippen MR) is 94.1 cm³/mol. The summed E-state index contributed by atoms with van der Waals surface area (Å²) in [5.41, 5.74) is 1.50. The molecule has 26 heavy (non-hydrogen) atoms. The third-order valence-electron chi connectivity index (χ3n) is 3.77. The SMILES string of the molecule is N#C/C(=C1/NC=CC=C1OCc1ccccc1)c1cccc[n+]1B(F)F. The van der Waals surface area contributed by atoms with Gasteiger partial charge in [0.05, 0.1) is 0 Å². The van der Waals surface area contributed by atoms with Crippen molar-refractivity contribution < 1.29 is 17.8 Å². The molecule has 0 bridgehead atoms. The van der Waals surface area contributed by atoms with Crippen LogP contribution in [0.1, 0.15) is 11.3 Å². The zero-order valence-corrected chi connectivity index (χ0v) is 13.8. The number of pyridine rings is 1. The summed E-state index contributed by atoms with van der Waals surface area (Å²) in [7, 11) is -2.76. The Hall–Kier alpha value is -3.40. The van der Waals surface area contributed by atoms with Crippen molar-refractivity contribution in [2.24, 2.45) is 0 Å². The molecule has 0 saturated carbocycles. The third-order valence-corrected chi connectivity index (χ3v) is 3.77. The number of nitrogens with one attached hydrogen (secondary N) is 1. The van der Waals surface area contributed by atoms with Crippen molar-refractivity contribution >= 4 is 13.0 Å². The van der Waals surface area contributed by atoms with Gasteiger partial charge in [-0.15, -0.1) is 0 Å². The van der Waals surface area contributed by atoms with E-state index in [1.54, 1.807) is 24.4 Å². The van der Waals surface area contributed by atoms with E-state index in [9.17, 15) is 13.9 Å². The highest BCUT2D eigenvalue weighted by Crippen LogP contribution is 2.23. The minimum Gasteiger partial charge on any atom is -0.487 e. The highest BCUT2D eigenvalue weighted by molar-refractivity contribution is 6.31. The summed E-state index contributed by atoms with van der Waals surface area (Å²) in [5.74, 6) is 0.414. The summed E-state index contributed by atoms with van der Waals surface area (Å²) in [5, 5.41) is 12.6. The Bertz CT molecular complexity index is 918. The van der Waals surface area contributed by atoms with Crippen molar-refractivity contribution in [2.75, 3.05) is 0 Å². The molecule has 0 atom stereocenters. The fourth-order valence-electron chi connectivity index (χ4n) is 2.55. The van der Waals surface area contributed by atoms with Gasteiger partial charge in [-0.25, -0.2) is 13.1 Å². The van der Waals surface area contributed by atoms with Crippen LogP contribution < -0.4 is 9.79 Å². The number of aromatic nitrogens is 1. The van der Waals surface area contributed by atoms with Gasteiger partial charge in [-0.05, 0) is 29.8 Å². The van der Waals surface area contributed by atoms with E-state index >= 15 is 0 Å². The van der Waals surface area contributed by atoms with Gasteiger partial charge >= 0.3 is 7.40 Å². The Morgan fingerprint density at radius 1 is 1.15 bits per heavy atom. The van der Waals surface area contributed by atoms with Crippen LogP contribution in [-0.2, 0) is 11.3 Å². The normalized spacial score (nSPS) is 14.7. The topological polar surface area (TPSA) is 48.9 Å². The number of hydrogen-bond donors (Lipinski definition) is 1. The molecule has 0 fully saturated rings. The van der Waals surface area contributed by atoms with Gasteiger partial charge in [0, 0.05) is 12.3 Å². The average molecular weight is 350 g/mol. The van der Waals surface area contributed by atoms with Gasteiger partial charge in [0.1, 0.15) is 35.9 Å². The lowest BCUT2D eigenvalue weighted by molar-refractivity contribution is -0.557. The Labute approximate surface area is 150 Å². The first-order valence-corrected chi connectivity index (χ1v) is 7.94. The van der Waals surface area contributed by atoms with Gasteiger partial charge < -0.3 is 10.1 Å². The maximum absolute atomic E-state index is 13.3. The second-order valence-electron chi connectivity index (χ2n) is 5.44. The van der Waals surface area contributed by atoms with Crippen LogP contribution in [0.5, 0.6) is 0 Å². The van der Waals surface area contributed by atoms with Crippen molar-refractivity contribution in [1.82, 2.24) is 5.32 Å². The lowest BCUT2D eigenvalue weighted by Crippen LogP contribution is -2.48. The molecule has 0 saturated heterocycles. The number of halogens is 2. The van der Waals surface area contributed by atoms with Gasteiger partial charge in [0.2, 0.25) is 5.69 Å². The highest BCUT2D eigenvalue weighted by atomic mass is 19.2. The van der Waals surface area contributed by atoms with E-state index in [0.717, 1.165) is 10.0 Å². The van der Waals surface area contributed by atoms with Crippen LogP contribution in [0, 0.1) is 11.3 Å². The monoisotopic (exact) mass is 350 g/mol. The van der Waals surface area contributed by atoms with Gasteiger partial charge in [0.25, 0.3) is 0 Å². The van der Waals surface area contributed by atoms with Crippen LogP contribution in [0.15, 0.2) is 84.5 Å². The molecule has 1 aromatic carbocycles. The minimum atomic E-state index is -2.76. The molecule has 1 aliphatic heterocycles. The molecule has 0 spiro atoms. The number of hydrogen-bond acceptors (Lipinski definition) is 3. The molecule has 128 valence electrons. The lowest BCUT2D eigenvalue weighted by Gasteiger charge is -2.17. The Morgan fingerprint density at radius 3 is 2.65 bits per heavy atom. The zero-order valence-electron chi connectivity index (χ0n) is 13.8. The van der Waals surface area contributed by atoms with Crippen molar-refractivity contribution in [3.05, 3.63) is 95.8 Å². The number of benzene rings is 1. The molecule has 7 heteroatoms. The van der Waals surface area contributed by atoms with Crippen LogP contribution in [0.3, 0.4) is 0 Å². The molecule has 2 aromatic rings. The maximum Gasteiger partial charge on any atom is 0.934 e. The lowest BCUT2D eigenvalue weighted by atomic mass is 10.0. The molecule has 1 aliphatic rings. The minimum absolute atomic E-state index is 0.0783. The first-order chi connectivity index (χ1) is 12.7. The van der Waals surface area contributed by atoms with Gasteiger partial charge in [-0.3, -0.25) is 0 Å². The van der Waals surface area contributed by atoms with Gasteiger partial charge in [-0.2, -0.15) is 5.26 Å². The fraction of sp³-hybridized carbons (Fsp3) is 0.0526. The Kier molecular flexibility index (Phi) is 5.44. The standard InChI is InChI=1S/C19H14BF2N3O/c21-20(22)25-12-5-4-9-17(25)16(13-23)19-18(10-6-11-24-19)26-14-15-7-2-1-3-8-15/h1-12H,14H2/p+1. The molecular weight excluding hydrogens is 335 g/mol. The number of allylic oxidation sites excluding steroid dienone is 3. The number of nitrogens with zero attached hydrogens (tertiary/aromatic N) is 2. The smallest absolute Gasteiger partial charge is 0.487 e. The summed E-state index contributed by atoms with van der Waals surface area (Å²) in [6, 6.07) is 16.2. The molecule has 0 unspecified atom stereocenters. The molecule has 4 nitrogen and oxygen atoms in total. The van der Waals surface area contributed by atoms with E-state index in [1.807, 2.05) is 36.4 Å². The third kappa shape index (κ3) is 3.81. The number of nitriles is 1. The van der Waals surface area contributed by atoms with Gasteiger partial charge in [0.15, 0.2) is 0 Å². The van der Waals surface area contributed by atoms with Crippen molar-refractivity contribution in [3.63, 3.8) is 0 Å². The molecular formula is C19H15BF2N3O+. The van der Waals surface area contributed by atoms with Crippen LogP contribution in [-0.4, -0.2) is 7.40 Å². The average Bonchev–Trinajstić information content (AvgIpc) is 2.69. The van der Waals surface area contributed by atoms with Crippen molar-refractivity contribution in [3.8, 4) is 6.07 Å². The molecule has 0 radical (unpaired) electrons. The second kappa shape index (κ2) is 8.12. The van der Waals surface area contributed by atoms with Crippen LogP contribution in [0.4, 0.5) is 8.63 Å². The van der Waals surface area contributed by atoms with E-state index in [-0.39, 0.29) is 11.3 Å². The molecule has 3 rings (SSSR count). The van der Waals surface area contributed by atoms with Crippen LogP contribution >= 0.6 is 0 Å². The zero-order chi connectivity index (χ0) is 18.4. The predicted octanol–water partition coefficient (Wildman–Crippen LogP) is 3.20. The maximum atomic E-state index is 13.3. The fourth-order valence-corrected chi connectivity index (χ4v) is 2.55. The molecule has 0 aliphatic carbocycles. The van der Waals surface area contributed by atoms with E-state index in [1.165, 1.54) is 18.3 Å². The number of rotatable bonds is 5. The first kappa shape index (κ1) is 17.4. The summed E-state index contributed by atoms with van der Waals surface area (Å²) in [6.07, 6.45) is 6.29. The van der Waals surface area contributed by atoms with E-state index in [4.69, 9.17) is 4.74 Å². The van der Waals surface area contributed by atoms with Crippen LogP contribution in [0.2, 0.25) is 0 Å². The quantitative estimate of drug-likeness (QED) is 0.666. The largest absolute Gasteiger partial charge is 0.934 e. The van der Waals surface area contributed by atoms with E-state index in [2.05, 4.69) is 5.32 Å². The van der Waals surface area contributed by atoms with Crippen molar-refractivity contribution in [2.45, 2.75) is 6.61 Å².